The minimum atomic E-state index is -1.46. The van der Waals surface area contributed by atoms with Gasteiger partial charge >= 0.3 is 0 Å². The number of aliphatic hydroxyl groups is 9. The van der Waals surface area contributed by atoms with Crippen molar-refractivity contribution in [1.82, 2.24) is 58.1 Å². The topological polar surface area (TPSA) is 586 Å². The molecule has 123 heavy (non-hydrogen) atoms. The van der Waals surface area contributed by atoms with Crippen LogP contribution in [0, 0.1) is 0 Å². The Balaban J connectivity index is 1.31. The van der Waals surface area contributed by atoms with Crippen LogP contribution in [0.3, 0.4) is 0 Å². The summed E-state index contributed by atoms with van der Waals surface area (Å²) >= 11 is 0. The molecule has 0 bridgehead atoms. The number of ether oxygens (including phenoxy) is 10. The molecule has 4 heterocycles. The highest BCUT2D eigenvalue weighted by molar-refractivity contribution is 5.79. The van der Waals surface area contributed by atoms with Crippen LogP contribution < -0.4 is 53.2 Å². The third-order valence-electron chi connectivity index (χ3n) is 20.9. The average molecular weight is 1770 g/mol. The normalized spacial score (nSPS) is 24.5. The van der Waals surface area contributed by atoms with E-state index in [4.69, 9.17) is 47.4 Å². The highest BCUT2D eigenvalue weighted by Crippen LogP contribution is 2.28. The van der Waals surface area contributed by atoms with Crippen molar-refractivity contribution in [3.8, 4) is 0 Å². The van der Waals surface area contributed by atoms with Crippen LogP contribution in [0.2, 0.25) is 0 Å². The number of hydrogen-bond donors (Lipinski definition) is 19. The van der Waals surface area contributed by atoms with E-state index in [-0.39, 0.29) is 203 Å². The minimum absolute atomic E-state index is 0.0773. The lowest BCUT2D eigenvalue weighted by molar-refractivity contribution is -0.270. The lowest BCUT2D eigenvalue weighted by Gasteiger charge is -2.42. The molecule has 16 atom stereocenters. The molecule has 41 nitrogen and oxygen atoms in total. The predicted molar refractivity (Wildman–Crippen MR) is 441 cm³/mol. The van der Waals surface area contributed by atoms with E-state index in [0.717, 1.165) is 64.3 Å². The fourth-order valence-corrected chi connectivity index (χ4v) is 14.1. The lowest BCUT2D eigenvalue weighted by Crippen LogP contribution is -2.64. The van der Waals surface area contributed by atoms with Crippen LogP contribution in [0.4, 0.5) is 0 Å². The number of unbranched alkanes of at least 4 members (excludes halogenated alkanes) is 10. The lowest BCUT2D eigenvalue weighted by atomic mass is 9.97. The van der Waals surface area contributed by atoms with Crippen molar-refractivity contribution in [3.63, 3.8) is 0 Å². The van der Waals surface area contributed by atoms with Gasteiger partial charge in [-0.2, -0.15) is 0 Å². The van der Waals surface area contributed by atoms with E-state index in [1.54, 1.807) is 0 Å². The summed E-state index contributed by atoms with van der Waals surface area (Å²) in [6.07, 6.45) is -2.66. The zero-order valence-electron chi connectivity index (χ0n) is 73.0. The quantitative estimate of drug-likeness (QED) is 0.0270. The number of carbonyl (C=O) groups excluding carboxylic acids is 11. The molecule has 0 spiro atoms. The molecule has 11 amide bonds. The largest absolute Gasteiger partial charge is 0.394 e. The summed E-state index contributed by atoms with van der Waals surface area (Å²) in [4.78, 5) is 142. The molecule has 19 N–H and O–H groups in total. The van der Waals surface area contributed by atoms with Gasteiger partial charge in [0.15, 0.2) is 18.9 Å². The second kappa shape index (κ2) is 61.8. The third-order valence-corrected chi connectivity index (χ3v) is 20.9. The first-order valence-electron chi connectivity index (χ1n) is 43.9. The van der Waals surface area contributed by atoms with Gasteiger partial charge in [0.2, 0.25) is 65.0 Å². The van der Waals surface area contributed by atoms with Crippen LogP contribution in [0.15, 0.2) is 0 Å². The molecule has 4 aliphatic rings. The van der Waals surface area contributed by atoms with Crippen LogP contribution in [0.25, 0.3) is 0 Å². The Morgan fingerprint density at radius 2 is 0.659 bits per heavy atom. The van der Waals surface area contributed by atoms with Gasteiger partial charge in [-0.1, -0.05) is 38.5 Å². The van der Waals surface area contributed by atoms with Gasteiger partial charge in [-0.25, -0.2) is 0 Å². The average Bonchev–Trinajstić information content (AvgIpc) is 1.45. The van der Waals surface area contributed by atoms with Crippen LogP contribution in [0.1, 0.15) is 215 Å². The molecule has 4 rings (SSSR count). The van der Waals surface area contributed by atoms with E-state index >= 15 is 0 Å². The second-order valence-electron chi connectivity index (χ2n) is 32.8. The van der Waals surface area contributed by atoms with E-state index in [2.05, 4.69) is 53.2 Å². The third kappa shape index (κ3) is 45.1. The molecule has 4 aliphatic heterocycles. The zero-order chi connectivity index (χ0) is 90.5. The van der Waals surface area contributed by atoms with Gasteiger partial charge in [-0.05, 0) is 104 Å². The van der Waals surface area contributed by atoms with Crippen molar-refractivity contribution in [2.75, 3.05) is 132 Å². The molecular formula is C82H147N11O30. The van der Waals surface area contributed by atoms with Gasteiger partial charge < -0.3 is 151 Å². The fourth-order valence-electron chi connectivity index (χ4n) is 14.1. The smallest absolute Gasteiger partial charge is 0.222 e. The number of nitrogens with zero attached hydrogens (tertiary/aromatic N) is 1. The first-order valence-corrected chi connectivity index (χ1v) is 43.9. The molecule has 4 fully saturated rings. The van der Waals surface area contributed by atoms with Crippen LogP contribution in [-0.4, -0.2) is 357 Å². The zero-order valence-corrected chi connectivity index (χ0v) is 73.0. The summed E-state index contributed by atoms with van der Waals surface area (Å²) in [6.45, 7) is 9.74. The summed E-state index contributed by atoms with van der Waals surface area (Å²) in [7, 11) is 0. The maximum absolute atomic E-state index is 14.1. The molecule has 710 valence electrons. The van der Waals surface area contributed by atoms with Gasteiger partial charge in [0.1, 0.15) is 78.6 Å². The Morgan fingerprint density at radius 3 is 0.967 bits per heavy atom. The molecule has 0 radical (unpaired) electrons. The predicted octanol–water partition coefficient (Wildman–Crippen LogP) is -2.97. The van der Waals surface area contributed by atoms with Crippen molar-refractivity contribution in [1.29, 1.82) is 0 Å². The number of hydrogen-bond acceptors (Lipinski definition) is 30. The van der Waals surface area contributed by atoms with E-state index in [1.165, 1.54) is 20.8 Å². The molecule has 0 saturated carbocycles. The molecule has 0 aromatic rings. The number of amides is 11. The number of rotatable bonds is 65. The van der Waals surface area contributed by atoms with Crippen LogP contribution in [-0.2, 0) is 100 Å². The monoisotopic (exact) mass is 1770 g/mol. The molecule has 4 saturated heterocycles. The van der Waals surface area contributed by atoms with Gasteiger partial charge in [0.05, 0.1) is 77.7 Å². The van der Waals surface area contributed by atoms with Gasteiger partial charge in [-0.15, -0.1) is 0 Å². The van der Waals surface area contributed by atoms with E-state index in [0.29, 0.717) is 77.2 Å². The fraction of sp³-hybridized carbons (Fsp3) is 0.866. The molecule has 0 aliphatic carbocycles. The first kappa shape index (κ1) is 109. The van der Waals surface area contributed by atoms with Crippen molar-refractivity contribution < 1.29 is 146 Å². The number of nitrogens with one attached hydrogen (secondary N) is 10. The van der Waals surface area contributed by atoms with Crippen molar-refractivity contribution >= 4 is 65.0 Å². The Bertz CT molecular complexity index is 2830. The summed E-state index contributed by atoms with van der Waals surface area (Å²) in [5.41, 5.74) is -1.70. The molecule has 0 aromatic heterocycles. The highest BCUT2D eigenvalue weighted by atomic mass is 16.7. The van der Waals surface area contributed by atoms with Crippen molar-refractivity contribution in [2.24, 2.45) is 0 Å². The summed E-state index contributed by atoms with van der Waals surface area (Å²) in [5.74, 6) is -3.51. The minimum Gasteiger partial charge on any atom is -0.394 e. The number of carbonyl (C=O) groups is 11. The van der Waals surface area contributed by atoms with Crippen molar-refractivity contribution in [2.45, 2.75) is 324 Å². The maximum Gasteiger partial charge on any atom is 0.222 e. The summed E-state index contributed by atoms with van der Waals surface area (Å²) in [5, 5.41) is 119. The van der Waals surface area contributed by atoms with Gasteiger partial charge in [-0.3, -0.25) is 52.7 Å². The Kier molecular flexibility index (Phi) is 54.6. The van der Waals surface area contributed by atoms with E-state index in [9.17, 15) is 98.7 Å². The maximum atomic E-state index is 14.1. The summed E-state index contributed by atoms with van der Waals surface area (Å²) in [6, 6.07) is -3.18. The van der Waals surface area contributed by atoms with Gasteiger partial charge in [0.25, 0.3) is 0 Å². The molecule has 41 heteroatoms. The Hall–Kier alpha value is -6.59. The molecular weight excluding hydrogens is 1620 g/mol. The Morgan fingerprint density at radius 1 is 0.366 bits per heavy atom. The highest BCUT2D eigenvalue weighted by Gasteiger charge is 2.48. The van der Waals surface area contributed by atoms with E-state index < -0.39 is 135 Å². The second-order valence-corrected chi connectivity index (χ2v) is 32.8. The Labute approximate surface area is 722 Å². The molecule has 0 aromatic carbocycles. The number of likely N-dealkylation sites (tertiary alicyclic amines) is 1. The summed E-state index contributed by atoms with van der Waals surface area (Å²) < 4.78 is 58.3. The van der Waals surface area contributed by atoms with Crippen LogP contribution in [0.5, 0.6) is 0 Å². The SMILES string of the molecule is CC(=O)NC1C(OCCCCC(=O)NCCCNC(=O)CCOCC(COCCC(=O)NCCCNC(=O)CCCCOC2OC(CO)C(O)C(O)C2NC(C)=O)(COCCC(=O)NCCCNC(=O)CCCCOC2OC(CO)C(O)C(O)C2NC(C)=O)NC(=O)CCCCCCCCCCC(=O)N2CCC[C@H]2COC(C)(C)C)OC(CO)C(O)C1O. The van der Waals surface area contributed by atoms with Crippen molar-refractivity contribution in [3.05, 3.63) is 0 Å². The first-order chi connectivity index (χ1) is 58.8. The van der Waals surface area contributed by atoms with Gasteiger partial charge in [0, 0.05) is 138 Å². The number of aliphatic hydroxyl groups excluding tert-OH is 9. The standard InChI is InChI=1S/C82H147N11O30/c1-54(97)89-69-75(111)72(108)58(47-94)121-78(69)117-41-18-15-26-61(100)83-34-22-37-86-64(103)31-44-114-51-82(92-67(106)29-13-11-9-7-8-10-12-14-30-68(107)93-40-21-25-57(93)50-120-81(4,5)6,52-115-45-32-65(104)87-38-23-35-84-62(101)27-16-19-42-118-79-70(90-55(2)98)76(112)73(109)59(48-95)122-79)53-116-46-33-66(105)88-39-24-36-85-63(102)28-17-20-43-119-80-71(91-56(3)99)77(113)74(110)60(49-96)123-80/h57-60,69-80,94-96,108-113H,7-53H2,1-6H3,(H,83,100)(H,84,101)(H,85,102)(H,86,103)(H,87,104)(H,88,105)(H,89,97)(H,90,98)(H,91,99)(H,92,106)/t57-,58?,59?,60?,69?,70?,71?,72?,73?,74?,75?,76?,77?,78?,79?,80?,82?/m0/s1. The van der Waals surface area contributed by atoms with E-state index in [1.807, 2.05) is 25.7 Å². The molecule has 15 unspecified atom stereocenters. The van der Waals surface area contributed by atoms with Crippen LogP contribution >= 0.6 is 0 Å².